The van der Waals surface area contributed by atoms with Crippen molar-refractivity contribution in [2.24, 2.45) is 0 Å². The van der Waals surface area contributed by atoms with E-state index < -0.39 is 0 Å². The van der Waals surface area contributed by atoms with Crippen LogP contribution in [0.2, 0.25) is 0 Å². The lowest BCUT2D eigenvalue weighted by atomic mass is 9.81. The van der Waals surface area contributed by atoms with Gasteiger partial charge < -0.3 is 4.90 Å². The molecule has 1 aliphatic carbocycles. The summed E-state index contributed by atoms with van der Waals surface area (Å²) in [6, 6.07) is 13.7. The number of rotatable bonds is 3. The van der Waals surface area contributed by atoms with Crippen molar-refractivity contribution in [1.82, 2.24) is 14.9 Å². The largest absolute Gasteiger partial charge is 0.338 e. The second kappa shape index (κ2) is 7.31. The number of piperazine rings is 1. The predicted octanol–water partition coefficient (Wildman–Crippen LogP) is 3.33. The number of anilines is 1. The average molecular weight is 322 g/mol. The maximum Gasteiger partial charge on any atom is 0.225 e. The Hall–Kier alpha value is -1.94. The molecule has 1 aromatic heterocycles. The summed E-state index contributed by atoms with van der Waals surface area (Å²) in [4.78, 5) is 13.8. The monoisotopic (exact) mass is 322 g/mol. The predicted molar refractivity (Wildman–Crippen MR) is 97.3 cm³/mol. The van der Waals surface area contributed by atoms with Gasteiger partial charge in [0.2, 0.25) is 5.95 Å². The molecule has 4 heteroatoms. The molecule has 2 heterocycles. The SMILES string of the molecule is c1ccc(C2CCC(N3CCN(c4ncccn4)CC3)CC2)cc1. The average Bonchev–Trinajstić information content (AvgIpc) is 2.70. The Morgan fingerprint density at radius 3 is 2.08 bits per heavy atom. The first kappa shape index (κ1) is 15.6. The fourth-order valence-electron chi connectivity index (χ4n) is 4.24. The lowest BCUT2D eigenvalue weighted by Crippen LogP contribution is -2.51. The minimum atomic E-state index is 0.765. The highest BCUT2D eigenvalue weighted by Crippen LogP contribution is 2.35. The highest BCUT2D eigenvalue weighted by atomic mass is 15.3. The van der Waals surface area contributed by atoms with Crippen molar-refractivity contribution in [2.75, 3.05) is 31.1 Å². The van der Waals surface area contributed by atoms with Crippen LogP contribution in [-0.4, -0.2) is 47.1 Å². The molecule has 4 nitrogen and oxygen atoms in total. The van der Waals surface area contributed by atoms with E-state index in [1.54, 1.807) is 0 Å². The van der Waals surface area contributed by atoms with Crippen molar-refractivity contribution in [3.05, 3.63) is 54.4 Å². The van der Waals surface area contributed by atoms with Crippen LogP contribution in [0.5, 0.6) is 0 Å². The molecule has 126 valence electrons. The van der Waals surface area contributed by atoms with E-state index in [-0.39, 0.29) is 0 Å². The minimum Gasteiger partial charge on any atom is -0.338 e. The zero-order valence-corrected chi connectivity index (χ0v) is 14.2. The molecule has 2 fully saturated rings. The van der Waals surface area contributed by atoms with Gasteiger partial charge in [-0.3, -0.25) is 4.90 Å². The molecular formula is C20H26N4. The molecular weight excluding hydrogens is 296 g/mol. The lowest BCUT2D eigenvalue weighted by Gasteiger charge is -2.42. The highest BCUT2D eigenvalue weighted by Gasteiger charge is 2.29. The van der Waals surface area contributed by atoms with Crippen LogP contribution in [0.3, 0.4) is 0 Å². The van der Waals surface area contributed by atoms with E-state index in [1.165, 1.54) is 31.2 Å². The van der Waals surface area contributed by atoms with Gasteiger partial charge in [0, 0.05) is 44.6 Å². The maximum absolute atomic E-state index is 4.38. The van der Waals surface area contributed by atoms with Gasteiger partial charge in [0.05, 0.1) is 0 Å². The van der Waals surface area contributed by atoms with E-state index in [0.29, 0.717) is 0 Å². The molecule has 0 bridgehead atoms. The first-order chi connectivity index (χ1) is 11.9. The van der Waals surface area contributed by atoms with E-state index in [1.807, 2.05) is 18.5 Å². The van der Waals surface area contributed by atoms with Gasteiger partial charge in [-0.15, -0.1) is 0 Å². The Kier molecular flexibility index (Phi) is 4.74. The second-order valence-electron chi connectivity index (χ2n) is 6.99. The molecule has 1 aliphatic heterocycles. The van der Waals surface area contributed by atoms with Crippen LogP contribution in [0, 0.1) is 0 Å². The summed E-state index contributed by atoms with van der Waals surface area (Å²) < 4.78 is 0. The number of hydrogen-bond acceptors (Lipinski definition) is 4. The topological polar surface area (TPSA) is 32.3 Å². The van der Waals surface area contributed by atoms with Crippen molar-refractivity contribution in [3.63, 3.8) is 0 Å². The second-order valence-corrected chi connectivity index (χ2v) is 6.99. The number of benzene rings is 1. The summed E-state index contributed by atoms with van der Waals surface area (Å²) >= 11 is 0. The molecule has 0 unspecified atom stereocenters. The van der Waals surface area contributed by atoms with Gasteiger partial charge in [0.15, 0.2) is 0 Å². The molecule has 2 aromatic rings. The number of hydrogen-bond donors (Lipinski definition) is 0. The van der Waals surface area contributed by atoms with E-state index >= 15 is 0 Å². The first-order valence-electron chi connectivity index (χ1n) is 9.21. The normalized spacial score (nSPS) is 25.6. The van der Waals surface area contributed by atoms with Gasteiger partial charge in [0.1, 0.15) is 0 Å². The summed E-state index contributed by atoms with van der Waals surface area (Å²) in [6.07, 6.45) is 9.00. The zero-order chi connectivity index (χ0) is 16.2. The van der Waals surface area contributed by atoms with E-state index in [2.05, 4.69) is 50.1 Å². The van der Waals surface area contributed by atoms with Crippen LogP contribution in [0.15, 0.2) is 48.8 Å². The van der Waals surface area contributed by atoms with Crippen LogP contribution in [-0.2, 0) is 0 Å². The fourth-order valence-corrected chi connectivity index (χ4v) is 4.24. The third kappa shape index (κ3) is 3.44. The van der Waals surface area contributed by atoms with Gasteiger partial charge in [0.25, 0.3) is 0 Å². The standard InChI is InChI=1S/C20H26N4/c1-2-5-17(6-3-1)18-7-9-19(10-8-18)23-13-15-24(16-14-23)20-21-11-4-12-22-20/h1-6,11-12,18-19H,7-10,13-16H2. The lowest BCUT2D eigenvalue weighted by molar-refractivity contribution is 0.141. The third-order valence-corrected chi connectivity index (χ3v) is 5.63. The molecule has 2 aliphatic rings. The quantitative estimate of drug-likeness (QED) is 0.868. The Balaban J connectivity index is 1.28. The molecule has 1 aromatic carbocycles. The van der Waals surface area contributed by atoms with Gasteiger partial charge in [-0.2, -0.15) is 0 Å². The molecule has 0 amide bonds. The summed E-state index contributed by atoms with van der Waals surface area (Å²) in [5.41, 5.74) is 1.53. The molecule has 24 heavy (non-hydrogen) atoms. The van der Waals surface area contributed by atoms with E-state index in [9.17, 15) is 0 Å². The van der Waals surface area contributed by atoms with Crippen molar-refractivity contribution >= 4 is 5.95 Å². The molecule has 0 radical (unpaired) electrons. The smallest absolute Gasteiger partial charge is 0.225 e. The van der Waals surface area contributed by atoms with Crippen molar-refractivity contribution < 1.29 is 0 Å². The van der Waals surface area contributed by atoms with Crippen LogP contribution in [0.4, 0.5) is 5.95 Å². The Bertz CT molecular complexity index is 557. The molecule has 0 N–H and O–H groups in total. The number of nitrogens with zero attached hydrogens (tertiary/aromatic N) is 4. The van der Waals surface area contributed by atoms with Crippen molar-refractivity contribution in [1.29, 1.82) is 0 Å². The van der Waals surface area contributed by atoms with E-state index in [4.69, 9.17) is 0 Å². The van der Waals surface area contributed by atoms with Gasteiger partial charge in [-0.1, -0.05) is 30.3 Å². The van der Waals surface area contributed by atoms with Crippen LogP contribution in [0.1, 0.15) is 37.2 Å². The minimum absolute atomic E-state index is 0.765. The molecule has 1 saturated heterocycles. The molecule has 0 spiro atoms. The van der Waals surface area contributed by atoms with Crippen LogP contribution in [0.25, 0.3) is 0 Å². The molecule has 0 atom stereocenters. The Morgan fingerprint density at radius 1 is 0.750 bits per heavy atom. The van der Waals surface area contributed by atoms with Crippen LogP contribution < -0.4 is 4.90 Å². The molecule has 1 saturated carbocycles. The maximum atomic E-state index is 4.38. The summed E-state index contributed by atoms with van der Waals surface area (Å²) in [6.45, 7) is 4.36. The van der Waals surface area contributed by atoms with Gasteiger partial charge in [-0.05, 0) is 43.2 Å². The first-order valence-corrected chi connectivity index (χ1v) is 9.21. The van der Waals surface area contributed by atoms with E-state index in [0.717, 1.165) is 44.1 Å². The fraction of sp³-hybridized carbons (Fsp3) is 0.500. The van der Waals surface area contributed by atoms with Gasteiger partial charge in [-0.25, -0.2) is 9.97 Å². The third-order valence-electron chi connectivity index (χ3n) is 5.63. The summed E-state index contributed by atoms with van der Waals surface area (Å²) in [7, 11) is 0. The zero-order valence-electron chi connectivity index (χ0n) is 14.2. The molecule has 4 rings (SSSR count). The summed E-state index contributed by atoms with van der Waals surface area (Å²) in [5, 5.41) is 0. The summed E-state index contributed by atoms with van der Waals surface area (Å²) in [5.74, 6) is 1.64. The highest BCUT2D eigenvalue weighted by molar-refractivity contribution is 5.29. The van der Waals surface area contributed by atoms with Crippen LogP contribution >= 0.6 is 0 Å². The van der Waals surface area contributed by atoms with Crippen molar-refractivity contribution in [2.45, 2.75) is 37.6 Å². The van der Waals surface area contributed by atoms with Gasteiger partial charge >= 0.3 is 0 Å². The van der Waals surface area contributed by atoms with Crippen molar-refractivity contribution in [3.8, 4) is 0 Å². The number of aromatic nitrogens is 2. The Labute approximate surface area is 144 Å². The Morgan fingerprint density at radius 2 is 1.42 bits per heavy atom.